The average Bonchev–Trinajstić information content (AvgIpc) is 2.52. The zero-order chi connectivity index (χ0) is 18.9. The van der Waals surface area contributed by atoms with Crippen LogP contribution in [-0.2, 0) is 14.4 Å². The molecule has 0 saturated carbocycles. The lowest BCUT2D eigenvalue weighted by Gasteiger charge is -2.46. The third-order valence-corrected chi connectivity index (χ3v) is 4.66. The van der Waals surface area contributed by atoms with Crippen LogP contribution in [0.4, 0.5) is 0 Å². The Bertz CT molecular complexity index is 423. The second kappa shape index (κ2) is 10.1. The van der Waals surface area contributed by atoms with Crippen molar-refractivity contribution < 1.29 is 34.2 Å². The summed E-state index contributed by atoms with van der Waals surface area (Å²) in [5, 5.41) is 30.2. The summed E-state index contributed by atoms with van der Waals surface area (Å²) in [5.41, 5.74) is 0. The number of carboxylic acid groups (broad SMARTS) is 3. The van der Waals surface area contributed by atoms with Gasteiger partial charge in [-0.05, 0) is 39.7 Å². The number of rotatable bonds is 12. The monoisotopic (exact) mass is 343 g/mol. The summed E-state index contributed by atoms with van der Waals surface area (Å²) in [6.07, 6.45) is 7.81. The average molecular weight is 343 g/mol. The molecule has 0 fully saturated rings. The van der Waals surface area contributed by atoms with E-state index >= 15 is 0 Å². The first-order valence-corrected chi connectivity index (χ1v) is 8.34. The Morgan fingerprint density at radius 2 is 1.46 bits per heavy atom. The number of carbonyl (C=O) groups excluding carboxylic acids is 1. The molecule has 0 aliphatic rings. The number of allylic oxidation sites excluding steroid dienone is 1. The van der Waals surface area contributed by atoms with Gasteiger partial charge in [-0.25, -0.2) is 9.59 Å². The van der Waals surface area contributed by atoms with Crippen LogP contribution in [-0.4, -0.2) is 50.7 Å². The molecular formula is C17H29NO6. The van der Waals surface area contributed by atoms with E-state index in [-0.39, 0.29) is 0 Å². The van der Waals surface area contributed by atoms with E-state index in [1.54, 1.807) is 6.08 Å². The van der Waals surface area contributed by atoms with Gasteiger partial charge in [0.25, 0.3) is 0 Å². The predicted octanol–water partition coefficient (Wildman–Crippen LogP) is 1.37. The number of unbranched alkanes of at least 4 members (excludes halogenated alkanes) is 4. The number of hydrogen-bond acceptors (Lipinski definition) is 4. The number of carbonyl (C=O) groups is 3. The molecule has 24 heavy (non-hydrogen) atoms. The quantitative estimate of drug-likeness (QED) is 0.408. The minimum absolute atomic E-state index is 0.637. The topological polar surface area (TPSA) is 115 Å². The molecule has 0 saturated heterocycles. The summed E-state index contributed by atoms with van der Waals surface area (Å²) in [6, 6.07) is -3.79. The van der Waals surface area contributed by atoms with Gasteiger partial charge in [0.15, 0.2) is 12.1 Å². The molecule has 0 amide bonds. The van der Waals surface area contributed by atoms with Crippen LogP contribution < -0.4 is 5.11 Å². The van der Waals surface area contributed by atoms with Crippen molar-refractivity contribution in [2.45, 2.75) is 77.9 Å². The van der Waals surface area contributed by atoms with Crippen LogP contribution >= 0.6 is 0 Å². The van der Waals surface area contributed by atoms with E-state index in [9.17, 15) is 29.7 Å². The smallest absolute Gasteiger partial charge is 0.362 e. The van der Waals surface area contributed by atoms with Gasteiger partial charge in [-0.3, -0.25) is 4.48 Å². The summed E-state index contributed by atoms with van der Waals surface area (Å²) < 4.78 is -0.721. The Morgan fingerprint density at radius 3 is 1.83 bits per heavy atom. The van der Waals surface area contributed by atoms with E-state index in [1.165, 1.54) is 27.0 Å². The molecule has 0 heterocycles. The highest BCUT2D eigenvalue weighted by Crippen LogP contribution is 2.27. The molecule has 2 N–H and O–H groups in total. The molecule has 7 nitrogen and oxygen atoms in total. The van der Waals surface area contributed by atoms with Gasteiger partial charge in [0.2, 0.25) is 0 Å². The van der Waals surface area contributed by atoms with E-state index in [0.29, 0.717) is 6.42 Å². The minimum atomic E-state index is -1.48. The van der Waals surface area contributed by atoms with Gasteiger partial charge in [-0.2, -0.15) is 0 Å². The number of quaternary nitrogens is 1. The standard InChI is InChI=1S/C17H29NO6/c1-5-6-7-8-9-10-11-18(12(2)15(19)20,13(3)16(21)22)14(4)17(23)24/h10-14H,5-9H2,1-4H3,(H2-,19,20,21,22,23,24)/b11-10+. The fourth-order valence-electron chi connectivity index (χ4n) is 2.90. The fourth-order valence-corrected chi connectivity index (χ4v) is 2.90. The number of aliphatic carboxylic acids is 3. The van der Waals surface area contributed by atoms with E-state index < -0.39 is 40.5 Å². The largest absolute Gasteiger partial charge is 0.544 e. The maximum Gasteiger partial charge on any atom is 0.362 e. The Morgan fingerprint density at radius 1 is 0.958 bits per heavy atom. The van der Waals surface area contributed by atoms with Crippen molar-refractivity contribution in [3.05, 3.63) is 12.3 Å². The highest BCUT2D eigenvalue weighted by atomic mass is 16.4. The van der Waals surface area contributed by atoms with Crippen molar-refractivity contribution in [2.24, 2.45) is 0 Å². The van der Waals surface area contributed by atoms with Gasteiger partial charge in [-0.1, -0.05) is 26.2 Å². The summed E-state index contributed by atoms with van der Waals surface area (Å²) in [4.78, 5) is 34.5. The first-order chi connectivity index (χ1) is 11.1. The van der Waals surface area contributed by atoms with Crippen LogP contribution in [0, 0.1) is 0 Å². The van der Waals surface area contributed by atoms with Crippen LogP contribution in [0.2, 0.25) is 0 Å². The second-order valence-electron chi connectivity index (χ2n) is 6.15. The molecule has 0 aliphatic carbocycles. The zero-order valence-electron chi connectivity index (χ0n) is 14.9. The maximum absolute atomic E-state index is 11.5. The molecule has 0 aromatic heterocycles. The molecular weight excluding hydrogens is 314 g/mol. The molecule has 7 heteroatoms. The van der Waals surface area contributed by atoms with Crippen molar-refractivity contribution in [3.63, 3.8) is 0 Å². The van der Waals surface area contributed by atoms with Crippen molar-refractivity contribution in [1.82, 2.24) is 0 Å². The summed E-state index contributed by atoms with van der Waals surface area (Å²) >= 11 is 0. The molecule has 0 aliphatic heterocycles. The summed E-state index contributed by atoms with van der Waals surface area (Å²) in [5.74, 6) is -3.99. The normalized spacial score (nSPS) is 17.8. The Kier molecular flexibility index (Phi) is 9.28. The van der Waals surface area contributed by atoms with Crippen LogP contribution in [0.3, 0.4) is 0 Å². The zero-order valence-corrected chi connectivity index (χ0v) is 14.9. The van der Waals surface area contributed by atoms with Crippen LogP contribution in [0.5, 0.6) is 0 Å². The molecule has 138 valence electrons. The van der Waals surface area contributed by atoms with Crippen LogP contribution in [0.15, 0.2) is 12.3 Å². The molecule has 3 unspecified atom stereocenters. The lowest BCUT2D eigenvalue weighted by atomic mass is 10.0. The predicted molar refractivity (Wildman–Crippen MR) is 86.8 cm³/mol. The van der Waals surface area contributed by atoms with Crippen molar-refractivity contribution >= 4 is 17.9 Å². The van der Waals surface area contributed by atoms with Crippen molar-refractivity contribution in [3.8, 4) is 0 Å². The molecule has 0 radical (unpaired) electrons. The molecule has 0 bridgehead atoms. The first kappa shape index (κ1) is 22.1. The van der Waals surface area contributed by atoms with Gasteiger partial charge < -0.3 is 20.1 Å². The summed E-state index contributed by atoms with van der Waals surface area (Å²) in [6.45, 7) is 6.02. The molecule has 0 rings (SSSR count). The van der Waals surface area contributed by atoms with E-state index in [4.69, 9.17) is 0 Å². The van der Waals surface area contributed by atoms with Crippen molar-refractivity contribution in [1.29, 1.82) is 0 Å². The molecule has 0 aromatic rings. The molecule has 3 atom stereocenters. The molecule has 0 aromatic carbocycles. The third-order valence-electron chi connectivity index (χ3n) is 4.66. The van der Waals surface area contributed by atoms with Gasteiger partial charge in [-0.15, -0.1) is 0 Å². The highest BCUT2D eigenvalue weighted by Gasteiger charge is 2.49. The van der Waals surface area contributed by atoms with Crippen LogP contribution in [0.25, 0.3) is 0 Å². The van der Waals surface area contributed by atoms with Gasteiger partial charge in [0, 0.05) is 0 Å². The second-order valence-corrected chi connectivity index (χ2v) is 6.15. The maximum atomic E-state index is 11.5. The van der Waals surface area contributed by atoms with E-state index in [1.807, 2.05) is 0 Å². The lowest BCUT2D eigenvalue weighted by molar-refractivity contribution is -0.923. The van der Waals surface area contributed by atoms with Gasteiger partial charge in [0.05, 0.1) is 12.2 Å². The molecule has 0 spiro atoms. The van der Waals surface area contributed by atoms with Gasteiger partial charge in [0.1, 0.15) is 6.04 Å². The van der Waals surface area contributed by atoms with Gasteiger partial charge >= 0.3 is 11.9 Å². The Hall–Kier alpha value is -1.89. The Balaban J connectivity index is 5.73. The first-order valence-electron chi connectivity index (χ1n) is 8.34. The van der Waals surface area contributed by atoms with Crippen LogP contribution in [0.1, 0.15) is 59.8 Å². The SMILES string of the molecule is CCCCCC/C=C/[N+](C(C)C(=O)[O-])(C(C)C(=O)O)C(C)C(=O)O. The van der Waals surface area contributed by atoms with E-state index in [2.05, 4.69) is 6.92 Å². The number of hydrogen-bond donors (Lipinski definition) is 2. The Labute approximate surface area is 143 Å². The fraction of sp³-hybridized carbons (Fsp3) is 0.706. The third kappa shape index (κ3) is 5.33. The number of nitrogens with zero attached hydrogens (tertiary/aromatic N) is 1. The minimum Gasteiger partial charge on any atom is -0.544 e. The number of carboxylic acids is 3. The summed E-state index contributed by atoms with van der Waals surface area (Å²) in [7, 11) is 0. The lowest BCUT2D eigenvalue weighted by Crippen LogP contribution is -2.68. The van der Waals surface area contributed by atoms with E-state index in [0.717, 1.165) is 25.7 Å². The van der Waals surface area contributed by atoms with Crippen molar-refractivity contribution in [2.75, 3.05) is 0 Å². The highest BCUT2D eigenvalue weighted by molar-refractivity contribution is 5.77.